The Kier molecular flexibility index (Phi) is 6.44. The molecule has 0 bridgehead atoms. The van der Waals surface area contributed by atoms with Gasteiger partial charge in [-0.05, 0) is 54.7 Å². The van der Waals surface area contributed by atoms with Crippen LogP contribution >= 0.6 is 0 Å². The first-order valence-electron chi connectivity index (χ1n) is 10.2. The maximum Gasteiger partial charge on any atom is 0.263 e. The number of nitrogens with zero attached hydrogens (tertiary/aromatic N) is 1. The number of benzene rings is 2. The first-order chi connectivity index (χ1) is 14.1. The number of nitrogens with one attached hydrogen (secondary N) is 1. The number of amides is 2. The highest BCUT2D eigenvalue weighted by Crippen LogP contribution is 2.29. The smallest absolute Gasteiger partial charge is 0.263 e. The molecule has 1 N–H and O–H groups in total. The summed E-state index contributed by atoms with van der Waals surface area (Å²) in [7, 11) is 0. The van der Waals surface area contributed by atoms with Crippen molar-refractivity contribution in [3.63, 3.8) is 0 Å². The van der Waals surface area contributed by atoms with E-state index in [9.17, 15) is 14.0 Å². The highest BCUT2D eigenvalue weighted by Gasteiger charge is 2.28. The fraction of sp³-hybridized carbons (Fsp3) is 0.417. The lowest BCUT2D eigenvalue weighted by Crippen LogP contribution is -2.39. The predicted octanol–water partition coefficient (Wildman–Crippen LogP) is 4.55. The molecule has 2 aromatic carbocycles. The van der Waals surface area contributed by atoms with Gasteiger partial charge in [-0.3, -0.25) is 9.59 Å². The topological polar surface area (TPSA) is 58.6 Å². The summed E-state index contributed by atoms with van der Waals surface area (Å²) >= 11 is 0. The minimum atomic E-state index is -0.596. The van der Waals surface area contributed by atoms with E-state index in [4.69, 9.17) is 4.74 Å². The van der Waals surface area contributed by atoms with Gasteiger partial charge in [-0.15, -0.1) is 0 Å². The summed E-state index contributed by atoms with van der Waals surface area (Å²) in [6.07, 6.45) is 0.441. The van der Waals surface area contributed by atoms with Crippen LogP contribution in [0.15, 0.2) is 42.5 Å². The molecular formula is C24H29FN2O3. The number of anilines is 1. The molecule has 1 atom stereocenters. The average molecular weight is 413 g/mol. The lowest BCUT2D eigenvalue weighted by atomic mass is 9.92. The first kappa shape index (κ1) is 21.8. The Balaban J connectivity index is 1.74. The first-order valence-corrected chi connectivity index (χ1v) is 10.2. The molecule has 2 aromatic rings. The van der Waals surface area contributed by atoms with Gasteiger partial charge in [-0.25, -0.2) is 4.39 Å². The Morgan fingerprint density at radius 1 is 1.20 bits per heavy atom. The molecule has 0 saturated heterocycles. The molecule has 2 amide bonds. The molecule has 0 spiro atoms. The van der Waals surface area contributed by atoms with Gasteiger partial charge in [0.15, 0.2) is 6.10 Å². The molecule has 6 heteroatoms. The van der Waals surface area contributed by atoms with Crippen LogP contribution in [0, 0.1) is 11.2 Å². The molecule has 1 heterocycles. The average Bonchev–Trinajstić information content (AvgIpc) is 2.76. The van der Waals surface area contributed by atoms with Crippen molar-refractivity contribution < 1.29 is 18.7 Å². The van der Waals surface area contributed by atoms with Crippen LogP contribution in [0.25, 0.3) is 0 Å². The maximum absolute atomic E-state index is 13.1. The van der Waals surface area contributed by atoms with Crippen LogP contribution in [0.4, 0.5) is 10.1 Å². The highest BCUT2D eigenvalue weighted by molar-refractivity contribution is 5.91. The van der Waals surface area contributed by atoms with Gasteiger partial charge in [-0.2, -0.15) is 0 Å². The minimum Gasteiger partial charge on any atom is -0.481 e. The lowest BCUT2D eigenvalue weighted by Gasteiger charge is -2.22. The van der Waals surface area contributed by atoms with Crippen LogP contribution in [0.3, 0.4) is 0 Å². The lowest BCUT2D eigenvalue weighted by molar-refractivity contribution is -0.137. The van der Waals surface area contributed by atoms with E-state index in [0.717, 1.165) is 11.1 Å². The minimum absolute atomic E-state index is 0.0467. The van der Waals surface area contributed by atoms with Crippen LogP contribution < -0.4 is 10.1 Å². The third-order valence-corrected chi connectivity index (χ3v) is 4.94. The monoisotopic (exact) mass is 412 g/mol. The number of fused-ring (bicyclic) bond motifs is 1. The molecule has 3 rings (SSSR count). The van der Waals surface area contributed by atoms with Crippen molar-refractivity contribution in [2.24, 2.45) is 5.41 Å². The van der Waals surface area contributed by atoms with Gasteiger partial charge in [0.05, 0.1) is 0 Å². The van der Waals surface area contributed by atoms with E-state index in [2.05, 4.69) is 5.32 Å². The summed E-state index contributed by atoms with van der Waals surface area (Å²) in [5, 5.41) is 2.94. The standard InChI is InChI=1S/C24H29FN2O3/c1-16-23(29)27(12-11-17-5-7-19(25)8-6-17)15-18-13-20(9-10-21(18)30-16)26-22(28)14-24(2,3)4/h5-10,13,16H,11-12,14-15H2,1-4H3,(H,26,28). The normalized spacial score (nSPS) is 16.5. The molecule has 1 aliphatic heterocycles. The molecule has 1 aliphatic rings. The zero-order valence-electron chi connectivity index (χ0n) is 18.0. The molecule has 0 saturated carbocycles. The number of halogens is 1. The van der Waals surface area contributed by atoms with Crippen LogP contribution in [-0.2, 0) is 22.6 Å². The summed E-state index contributed by atoms with van der Waals surface area (Å²) in [6.45, 7) is 8.68. The van der Waals surface area contributed by atoms with Crippen molar-refractivity contribution in [1.29, 1.82) is 0 Å². The Morgan fingerprint density at radius 3 is 2.57 bits per heavy atom. The number of carbonyl (C=O) groups is 2. The molecule has 160 valence electrons. The third kappa shape index (κ3) is 5.81. The summed E-state index contributed by atoms with van der Waals surface area (Å²) in [6, 6.07) is 11.8. The Morgan fingerprint density at radius 2 is 1.90 bits per heavy atom. The van der Waals surface area contributed by atoms with E-state index in [1.165, 1.54) is 12.1 Å². The predicted molar refractivity (Wildman–Crippen MR) is 115 cm³/mol. The second-order valence-corrected chi connectivity index (χ2v) is 9.00. The Hall–Kier alpha value is -2.89. The Labute approximate surface area is 177 Å². The van der Waals surface area contributed by atoms with Crippen molar-refractivity contribution in [3.8, 4) is 5.75 Å². The van der Waals surface area contributed by atoms with Crippen molar-refractivity contribution in [2.45, 2.75) is 53.2 Å². The third-order valence-electron chi connectivity index (χ3n) is 4.94. The van der Waals surface area contributed by atoms with E-state index in [0.29, 0.717) is 37.4 Å². The van der Waals surface area contributed by atoms with Gasteiger partial charge >= 0.3 is 0 Å². The zero-order chi connectivity index (χ0) is 21.9. The highest BCUT2D eigenvalue weighted by atomic mass is 19.1. The molecule has 30 heavy (non-hydrogen) atoms. The summed E-state index contributed by atoms with van der Waals surface area (Å²) in [5.74, 6) is 0.233. The molecule has 1 unspecified atom stereocenters. The van der Waals surface area contributed by atoms with Crippen LogP contribution in [0.2, 0.25) is 0 Å². The number of rotatable bonds is 5. The number of ether oxygens (including phenoxy) is 1. The van der Waals surface area contributed by atoms with Crippen molar-refractivity contribution in [2.75, 3.05) is 11.9 Å². The zero-order valence-corrected chi connectivity index (χ0v) is 18.0. The van der Waals surface area contributed by atoms with E-state index >= 15 is 0 Å². The van der Waals surface area contributed by atoms with Gasteiger partial charge in [0.2, 0.25) is 5.91 Å². The molecule has 0 aliphatic carbocycles. The summed E-state index contributed by atoms with van der Waals surface area (Å²) in [5.41, 5.74) is 2.40. The van der Waals surface area contributed by atoms with Gasteiger partial charge in [0.25, 0.3) is 5.91 Å². The second kappa shape index (κ2) is 8.86. The van der Waals surface area contributed by atoms with E-state index < -0.39 is 6.10 Å². The fourth-order valence-corrected chi connectivity index (χ4v) is 3.47. The van der Waals surface area contributed by atoms with Crippen molar-refractivity contribution >= 4 is 17.5 Å². The fourth-order valence-electron chi connectivity index (χ4n) is 3.47. The number of carbonyl (C=O) groups excluding carboxylic acids is 2. The molecule has 0 fully saturated rings. The molecule has 0 radical (unpaired) electrons. The van der Waals surface area contributed by atoms with Crippen LogP contribution in [-0.4, -0.2) is 29.4 Å². The quantitative estimate of drug-likeness (QED) is 0.784. The van der Waals surface area contributed by atoms with E-state index in [1.54, 1.807) is 36.1 Å². The van der Waals surface area contributed by atoms with Crippen molar-refractivity contribution in [3.05, 3.63) is 59.4 Å². The molecular weight excluding hydrogens is 383 g/mol. The maximum atomic E-state index is 13.1. The molecule has 5 nitrogen and oxygen atoms in total. The van der Waals surface area contributed by atoms with Crippen molar-refractivity contribution in [1.82, 2.24) is 4.90 Å². The van der Waals surface area contributed by atoms with E-state index in [1.807, 2.05) is 26.8 Å². The SMILES string of the molecule is CC1Oc2ccc(NC(=O)CC(C)(C)C)cc2CN(CCc2ccc(F)cc2)C1=O. The number of hydrogen-bond donors (Lipinski definition) is 1. The van der Waals surface area contributed by atoms with Gasteiger partial charge in [0, 0.05) is 30.8 Å². The summed E-state index contributed by atoms with van der Waals surface area (Å²) < 4.78 is 19.0. The van der Waals surface area contributed by atoms with Gasteiger partial charge < -0.3 is 15.0 Å². The molecule has 0 aromatic heterocycles. The van der Waals surface area contributed by atoms with Gasteiger partial charge in [-0.1, -0.05) is 32.9 Å². The summed E-state index contributed by atoms with van der Waals surface area (Å²) in [4.78, 5) is 26.8. The largest absolute Gasteiger partial charge is 0.481 e. The van der Waals surface area contributed by atoms with Crippen LogP contribution in [0.1, 0.15) is 45.2 Å². The van der Waals surface area contributed by atoms with E-state index in [-0.39, 0.29) is 23.0 Å². The van der Waals surface area contributed by atoms with Crippen LogP contribution in [0.5, 0.6) is 5.75 Å². The second-order valence-electron chi connectivity index (χ2n) is 9.00. The number of hydrogen-bond acceptors (Lipinski definition) is 3. The van der Waals surface area contributed by atoms with Gasteiger partial charge in [0.1, 0.15) is 11.6 Å². The Bertz CT molecular complexity index is 919.